The monoisotopic (exact) mass is 357 g/mol. The van der Waals surface area contributed by atoms with E-state index in [0.717, 1.165) is 35.8 Å². The zero-order chi connectivity index (χ0) is 17.6. The first-order chi connectivity index (χ1) is 12.1. The van der Waals surface area contributed by atoms with Gasteiger partial charge in [0.2, 0.25) is 0 Å². The average molecular weight is 358 g/mol. The fourth-order valence-corrected chi connectivity index (χ4v) is 4.05. The molecule has 0 saturated carbocycles. The summed E-state index contributed by atoms with van der Waals surface area (Å²) in [5.74, 6) is 0.987. The third-order valence-corrected chi connectivity index (χ3v) is 5.84. The molecule has 1 amide bonds. The minimum atomic E-state index is 0.00457. The number of amides is 1. The zero-order valence-electron chi connectivity index (χ0n) is 15.0. The molecule has 0 radical (unpaired) electrons. The highest BCUT2D eigenvalue weighted by atomic mass is 32.1. The van der Waals surface area contributed by atoms with Crippen molar-refractivity contribution in [3.05, 3.63) is 51.5 Å². The van der Waals surface area contributed by atoms with Crippen LogP contribution in [0.25, 0.3) is 0 Å². The molecule has 2 heterocycles. The van der Waals surface area contributed by atoms with E-state index in [4.69, 9.17) is 0 Å². The van der Waals surface area contributed by atoms with Gasteiger partial charge in [0.15, 0.2) is 0 Å². The van der Waals surface area contributed by atoms with Crippen LogP contribution in [0.1, 0.15) is 65.1 Å². The van der Waals surface area contributed by atoms with Crippen molar-refractivity contribution in [2.24, 2.45) is 0 Å². The Hall–Kier alpha value is -1.72. The van der Waals surface area contributed by atoms with Gasteiger partial charge in [-0.25, -0.2) is 4.98 Å². The predicted molar refractivity (Wildman–Crippen MR) is 104 cm³/mol. The average Bonchev–Trinajstić information content (AvgIpc) is 3.12. The van der Waals surface area contributed by atoms with Crippen molar-refractivity contribution in [1.29, 1.82) is 0 Å². The molecule has 1 atom stereocenters. The van der Waals surface area contributed by atoms with Crippen LogP contribution >= 0.6 is 11.3 Å². The maximum atomic E-state index is 12.4. The molecule has 1 aliphatic rings. The van der Waals surface area contributed by atoms with Crippen LogP contribution in [0.5, 0.6) is 0 Å². The Morgan fingerprint density at radius 1 is 1.44 bits per heavy atom. The zero-order valence-corrected chi connectivity index (χ0v) is 15.9. The lowest BCUT2D eigenvalue weighted by molar-refractivity contribution is 0.0954. The van der Waals surface area contributed by atoms with Gasteiger partial charge in [0, 0.05) is 36.4 Å². The molecule has 0 aliphatic carbocycles. The van der Waals surface area contributed by atoms with E-state index in [9.17, 15) is 4.79 Å². The normalized spacial score (nSPS) is 17.6. The Balaban J connectivity index is 1.53. The van der Waals surface area contributed by atoms with Gasteiger partial charge >= 0.3 is 0 Å². The van der Waals surface area contributed by atoms with Crippen molar-refractivity contribution in [2.45, 2.75) is 44.9 Å². The summed E-state index contributed by atoms with van der Waals surface area (Å²) in [5, 5.41) is 9.72. The molecule has 1 aromatic carbocycles. The standard InChI is InChI=1S/C20H27N3OS/c1-14(2)20-23-18(13-25-20)8-10-22-19(24)16-6-3-5-15(11-16)17-7-4-9-21-12-17/h3,5-6,11,13-14,17,21H,4,7-10,12H2,1-2H3,(H,22,24). The minimum Gasteiger partial charge on any atom is -0.352 e. The van der Waals surface area contributed by atoms with Gasteiger partial charge in [-0.3, -0.25) is 4.79 Å². The van der Waals surface area contributed by atoms with Crippen molar-refractivity contribution in [1.82, 2.24) is 15.6 Å². The van der Waals surface area contributed by atoms with Crippen molar-refractivity contribution >= 4 is 17.2 Å². The first kappa shape index (κ1) is 18.1. The Labute approximate surface area is 154 Å². The van der Waals surface area contributed by atoms with E-state index < -0.39 is 0 Å². The second-order valence-electron chi connectivity index (χ2n) is 7.01. The van der Waals surface area contributed by atoms with Gasteiger partial charge in [-0.2, -0.15) is 0 Å². The van der Waals surface area contributed by atoms with E-state index in [1.54, 1.807) is 11.3 Å². The van der Waals surface area contributed by atoms with Crippen LogP contribution in [0.4, 0.5) is 0 Å². The molecule has 4 nitrogen and oxygen atoms in total. The summed E-state index contributed by atoms with van der Waals surface area (Å²) in [7, 11) is 0. The third kappa shape index (κ3) is 4.89. The maximum absolute atomic E-state index is 12.4. The lowest BCUT2D eigenvalue weighted by Gasteiger charge is -2.23. The van der Waals surface area contributed by atoms with Gasteiger partial charge in [-0.1, -0.05) is 26.0 Å². The Bertz CT molecular complexity index is 704. The first-order valence-electron chi connectivity index (χ1n) is 9.16. The number of nitrogens with zero attached hydrogens (tertiary/aromatic N) is 1. The summed E-state index contributed by atoms with van der Waals surface area (Å²) >= 11 is 1.70. The molecule has 134 valence electrons. The van der Waals surface area contributed by atoms with Crippen LogP contribution in [-0.4, -0.2) is 30.5 Å². The molecule has 1 unspecified atom stereocenters. The van der Waals surface area contributed by atoms with Gasteiger partial charge in [-0.15, -0.1) is 11.3 Å². The topological polar surface area (TPSA) is 54.0 Å². The van der Waals surface area contributed by atoms with Gasteiger partial charge < -0.3 is 10.6 Å². The van der Waals surface area contributed by atoms with Crippen molar-refractivity contribution in [2.75, 3.05) is 19.6 Å². The molecular weight excluding hydrogens is 330 g/mol. The van der Waals surface area contributed by atoms with Gasteiger partial charge in [-0.05, 0) is 43.0 Å². The third-order valence-electron chi connectivity index (χ3n) is 4.65. The van der Waals surface area contributed by atoms with E-state index in [1.807, 2.05) is 18.2 Å². The number of hydrogen-bond acceptors (Lipinski definition) is 4. The van der Waals surface area contributed by atoms with E-state index in [1.165, 1.54) is 18.4 Å². The summed E-state index contributed by atoms with van der Waals surface area (Å²) in [4.78, 5) is 17.1. The van der Waals surface area contributed by atoms with Crippen LogP contribution < -0.4 is 10.6 Å². The van der Waals surface area contributed by atoms with Crippen LogP contribution in [0, 0.1) is 0 Å². The molecule has 25 heavy (non-hydrogen) atoms. The smallest absolute Gasteiger partial charge is 0.251 e. The van der Waals surface area contributed by atoms with Crippen LogP contribution in [0.15, 0.2) is 29.6 Å². The molecule has 2 aromatic rings. The van der Waals surface area contributed by atoms with E-state index in [2.05, 4.69) is 40.9 Å². The Morgan fingerprint density at radius 2 is 2.32 bits per heavy atom. The molecule has 1 fully saturated rings. The van der Waals surface area contributed by atoms with E-state index in [0.29, 0.717) is 18.4 Å². The lowest BCUT2D eigenvalue weighted by atomic mass is 9.90. The number of rotatable bonds is 6. The largest absolute Gasteiger partial charge is 0.352 e. The van der Waals surface area contributed by atoms with Crippen LogP contribution in [-0.2, 0) is 6.42 Å². The number of carbonyl (C=O) groups excluding carboxylic acids is 1. The number of aromatic nitrogens is 1. The molecule has 1 aliphatic heterocycles. The fraction of sp³-hybridized carbons (Fsp3) is 0.500. The second kappa shape index (κ2) is 8.59. The molecule has 5 heteroatoms. The van der Waals surface area contributed by atoms with Crippen molar-refractivity contribution in [3.63, 3.8) is 0 Å². The van der Waals surface area contributed by atoms with Crippen LogP contribution in [0.3, 0.4) is 0 Å². The second-order valence-corrected chi connectivity index (χ2v) is 7.90. The molecule has 0 bridgehead atoms. The highest BCUT2D eigenvalue weighted by Crippen LogP contribution is 2.24. The first-order valence-corrected chi connectivity index (χ1v) is 10.0. The van der Waals surface area contributed by atoms with Gasteiger partial charge in [0.1, 0.15) is 0 Å². The number of carbonyl (C=O) groups is 1. The molecule has 3 rings (SSSR count). The Kier molecular flexibility index (Phi) is 6.21. The molecule has 1 saturated heterocycles. The van der Waals surface area contributed by atoms with Crippen LogP contribution in [0.2, 0.25) is 0 Å². The van der Waals surface area contributed by atoms with Crippen molar-refractivity contribution in [3.8, 4) is 0 Å². The quantitative estimate of drug-likeness (QED) is 0.829. The number of thiazole rings is 1. The lowest BCUT2D eigenvalue weighted by Crippen LogP contribution is -2.29. The van der Waals surface area contributed by atoms with E-state index in [-0.39, 0.29) is 5.91 Å². The highest BCUT2D eigenvalue weighted by Gasteiger charge is 2.16. The number of benzene rings is 1. The molecule has 2 N–H and O–H groups in total. The molecule has 1 aromatic heterocycles. The van der Waals surface area contributed by atoms with Crippen molar-refractivity contribution < 1.29 is 4.79 Å². The molecule has 0 spiro atoms. The van der Waals surface area contributed by atoms with Gasteiger partial charge in [0.25, 0.3) is 5.91 Å². The highest BCUT2D eigenvalue weighted by molar-refractivity contribution is 7.09. The summed E-state index contributed by atoms with van der Waals surface area (Å²) in [5.41, 5.74) is 3.08. The molecular formula is C20H27N3OS. The van der Waals surface area contributed by atoms with E-state index >= 15 is 0 Å². The SMILES string of the molecule is CC(C)c1nc(CCNC(=O)c2cccc(C3CCCNC3)c2)cs1. The number of hydrogen-bond donors (Lipinski definition) is 2. The Morgan fingerprint density at radius 3 is 3.04 bits per heavy atom. The summed E-state index contributed by atoms with van der Waals surface area (Å²) in [6, 6.07) is 8.08. The summed E-state index contributed by atoms with van der Waals surface area (Å²) in [6.07, 6.45) is 3.17. The fourth-order valence-electron chi connectivity index (χ4n) is 3.18. The predicted octanol–water partition coefficient (Wildman–Crippen LogP) is 3.71. The maximum Gasteiger partial charge on any atom is 0.251 e. The minimum absolute atomic E-state index is 0.00457. The summed E-state index contributed by atoms with van der Waals surface area (Å²) < 4.78 is 0. The number of piperidine rings is 1. The summed E-state index contributed by atoms with van der Waals surface area (Å²) in [6.45, 7) is 7.03. The number of nitrogens with one attached hydrogen (secondary N) is 2. The van der Waals surface area contributed by atoms with Gasteiger partial charge in [0.05, 0.1) is 10.7 Å².